The molecule has 0 saturated heterocycles. The quantitative estimate of drug-likeness (QED) is 0.0612. The molecule has 10 nitrogen and oxygen atoms in total. The minimum absolute atomic E-state index is 0.171. The number of carbonyl (C=O) groups is 2. The van der Waals surface area contributed by atoms with Crippen LogP contribution in [0.2, 0.25) is 0 Å². The number of anilines is 1. The van der Waals surface area contributed by atoms with E-state index in [9.17, 15) is 9.59 Å². The summed E-state index contributed by atoms with van der Waals surface area (Å²) in [7, 11) is 4.15. The van der Waals surface area contributed by atoms with Crippen molar-refractivity contribution in [2.75, 3.05) is 11.4 Å². The van der Waals surface area contributed by atoms with Gasteiger partial charge in [-0.1, -0.05) is 61.0 Å². The van der Waals surface area contributed by atoms with E-state index < -0.39 is 11.9 Å². The first-order valence-electron chi connectivity index (χ1n) is 19.1. The van der Waals surface area contributed by atoms with Gasteiger partial charge in [-0.25, -0.2) is 0 Å². The number of allylic oxidation sites excluding steroid dienone is 4. The van der Waals surface area contributed by atoms with Gasteiger partial charge in [0, 0.05) is 90.7 Å². The van der Waals surface area contributed by atoms with Gasteiger partial charge in [0.2, 0.25) is 11.5 Å². The Hall–Kier alpha value is -6.29. The molecule has 2 N–H and O–H groups in total. The van der Waals surface area contributed by atoms with Crippen LogP contribution in [0.15, 0.2) is 107 Å². The highest BCUT2D eigenvalue weighted by Gasteiger charge is 2.28. The number of hydrogen-bond donors (Lipinski definition) is 2. The number of hydrogen-bond acceptors (Lipinski definition) is 5. The van der Waals surface area contributed by atoms with Crippen molar-refractivity contribution in [2.45, 2.75) is 57.9 Å². The predicted molar refractivity (Wildman–Crippen MR) is 217 cm³/mol. The lowest BCUT2D eigenvalue weighted by Crippen LogP contribution is -2.35. The van der Waals surface area contributed by atoms with Crippen LogP contribution >= 0.6 is 0 Å². The predicted octanol–water partition coefficient (Wildman–Crippen LogP) is 9.61. The zero-order valence-corrected chi connectivity index (χ0v) is 31.2. The Balaban J connectivity index is 1.08. The molecule has 0 bridgehead atoms. The van der Waals surface area contributed by atoms with Crippen molar-refractivity contribution in [3.8, 4) is 5.75 Å². The highest BCUT2D eigenvalue weighted by atomic mass is 16.5. The van der Waals surface area contributed by atoms with Crippen molar-refractivity contribution in [2.24, 2.45) is 14.1 Å². The number of nitrogens with zero attached hydrogens (tertiary/aromatic N) is 4. The summed E-state index contributed by atoms with van der Waals surface area (Å²) in [6.07, 6.45) is 14.7. The number of benzene rings is 4. The smallest absolute Gasteiger partial charge is 0.374 e. The Morgan fingerprint density at radius 1 is 0.691 bits per heavy atom. The maximum Gasteiger partial charge on any atom is 0.374 e. The van der Waals surface area contributed by atoms with Crippen LogP contribution in [-0.2, 0) is 30.2 Å². The van der Waals surface area contributed by atoms with Gasteiger partial charge in [0.15, 0.2) is 12.3 Å². The molecule has 0 atom stereocenters. The summed E-state index contributed by atoms with van der Waals surface area (Å²) < 4.78 is 19.6. The number of carboxylic acids is 2. The average molecular weight is 738 g/mol. The van der Waals surface area contributed by atoms with Gasteiger partial charge in [0.25, 0.3) is 5.52 Å². The molecule has 0 radical (unpaired) electrons. The fourth-order valence-corrected chi connectivity index (χ4v) is 8.00. The number of aliphatic carboxylic acids is 2. The fraction of sp³-hybridized carbons (Fsp3) is 0.267. The number of ether oxygens (including phenoxy) is 1. The van der Waals surface area contributed by atoms with E-state index in [0.717, 1.165) is 92.8 Å². The lowest BCUT2D eigenvalue weighted by Gasteiger charge is -2.18. The van der Waals surface area contributed by atoms with Crippen molar-refractivity contribution in [1.29, 1.82) is 0 Å². The molecular formula is C45H45N4O6+. The van der Waals surface area contributed by atoms with Crippen LogP contribution in [-0.4, -0.2) is 37.8 Å². The molecule has 10 heteroatoms. The van der Waals surface area contributed by atoms with Crippen LogP contribution in [0, 0.1) is 0 Å². The molecule has 4 aromatic carbocycles. The molecule has 0 saturated carbocycles. The summed E-state index contributed by atoms with van der Waals surface area (Å²) >= 11 is 0. The molecule has 4 heterocycles. The Labute approximate surface area is 318 Å². The number of carboxylic acid groups (broad SMARTS) is 2. The Morgan fingerprint density at radius 2 is 1.33 bits per heavy atom. The zero-order valence-electron chi connectivity index (χ0n) is 31.2. The first-order chi connectivity index (χ1) is 26.8. The molecule has 280 valence electrons. The molecule has 0 spiro atoms. The number of rotatable bonds is 15. The minimum atomic E-state index is -0.766. The molecule has 0 amide bonds. The van der Waals surface area contributed by atoms with E-state index in [1.807, 2.05) is 30.4 Å². The molecular weight excluding hydrogens is 693 g/mol. The van der Waals surface area contributed by atoms with Crippen LogP contribution in [0.1, 0.15) is 57.3 Å². The van der Waals surface area contributed by atoms with Gasteiger partial charge < -0.3 is 33.4 Å². The average Bonchev–Trinajstić information content (AvgIpc) is 3.87. The third kappa shape index (κ3) is 6.96. The number of aryl methyl sites for hydroxylation is 3. The Kier molecular flexibility index (Phi) is 9.88. The third-order valence-electron chi connectivity index (χ3n) is 10.8. The normalized spacial score (nSPS) is 13.9. The zero-order chi connectivity index (χ0) is 38.1. The third-order valence-corrected chi connectivity index (χ3v) is 10.8. The number of para-hydroxylation sites is 2. The summed E-state index contributed by atoms with van der Waals surface area (Å²) in [5.74, 6) is 0.704. The van der Waals surface area contributed by atoms with E-state index >= 15 is 0 Å². The Bertz CT molecular complexity index is 2690. The summed E-state index contributed by atoms with van der Waals surface area (Å²) in [5.41, 5.74) is 7.33. The summed E-state index contributed by atoms with van der Waals surface area (Å²) in [4.78, 5) is 24.4. The SMILES string of the molecule is Cn1c2ccccc2c2cc3c(cc21)OC(=CC=CC=Cc1oc2cc4c(cc2[n+]1CCCCCC(=O)O)c1ccccc1n4C)N3CCCCCC(=O)O. The second-order valence-corrected chi connectivity index (χ2v) is 14.3. The van der Waals surface area contributed by atoms with Crippen LogP contribution in [0.4, 0.5) is 5.69 Å². The van der Waals surface area contributed by atoms with Crippen molar-refractivity contribution in [3.63, 3.8) is 0 Å². The molecule has 3 aromatic heterocycles. The number of unbranched alkanes of at least 4 members (excludes halogenated alkanes) is 4. The molecule has 7 aromatic rings. The number of aromatic nitrogens is 3. The lowest BCUT2D eigenvalue weighted by atomic mass is 10.1. The summed E-state index contributed by atoms with van der Waals surface area (Å²) in [6.45, 7) is 1.40. The second kappa shape index (κ2) is 15.2. The van der Waals surface area contributed by atoms with Gasteiger partial charge in [0.05, 0.1) is 22.8 Å². The van der Waals surface area contributed by atoms with Crippen LogP contribution in [0.5, 0.6) is 5.75 Å². The van der Waals surface area contributed by atoms with Gasteiger partial charge in [-0.2, -0.15) is 4.57 Å². The van der Waals surface area contributed by atoms with Gasteiger partial charge in [-0.15, -0.1) is 0 Å². The maximum absolute atomic E-state index is 11.1. The minimum Gasteiger partial charge on any atom is -0.481 e. The molecule has 0 aliphatic carbocycles. The van der Waals surface area contributed by atoms with Crippen molar-refractivity contribution in [1.82, 2.24) is 9.13 Å². The van der Waals surface area contributed by atoms with Crippen LogP contribution in [0.3, 0.4) is 0 Å². The van der Waals surface area contributed by atoms with Gasteiger partial charge in [-0.3, -0.25) is 9.59 Å². The van der Waals surface area contributed by atoms with E-state index in [4.69, 9.17) is 19.4 Å². The highest BCUT2D eigenvalue weighted by molar-refractivity contribution is 6.11. The molecule has 1 aliphatic heterocycles. The number of oxazole rings is 1. The van der Waals surface area contributed by atoms with E-state index in [2.05, 4.69) is 105 Å². The van der Waals surface area contributed by atoms with Crippen LogP contribution in [0.25, 0.3) is 60.8 Å². The maximum atomic E-state index is 11.1. The fourth-order valence-electron chi connectivity index (χ4n) is 8.00. The first-order valence-corrected chi connectivity index (χ1v) is 19.1. The van der Waals surface area contributed by atoms with Crippen molar-refractivity contribution in [3.05, 3.63) is 109 Å². The summed E-state index contributed by atoms with van der Waals surface area (Å²) in [6, 6.07) is 25.4. The molecule has 0 unspecified atom stereocenters. The van der Waals surface area contributed by atoms with Crippen molar-refractivity contribution < 1.29 is 33.5 Å². The van der Waals surface area contributed by atoms with Gasteiger partial charge in [0.1, 0.15) is 0 Å². The van der Waals surface area contributed by atoms with E-state index in [-0.39, 0.29) is 12.8 Å². The lowest BCUT2D eigenvalue weighted by molar-refractivity contribution is -0.678. The standard InChI is InChI=1S/C45H44N4O6/c1-46-34-18-12-10-16-30(34)32-26-38-40(28-36(32)46)54-42(48(38)24-14-4-8-22-44(50)51)20-6-3-7-21-43-49(25-15-5-9-23-45(52)53)39-27-33-31-17-11-13-19-35(31)47(2)37(33)29-41(39)55-43/h3,6-7,10-13,16-21,26-29H,4-5,8-9,14-15,22-25H2,1-2H3,(H-,50,51,52,53)/p+1. The molecule has 8 rings (SSSR count). The number of fused-ring (bicyclic) bond motifs is 8. The molecule has 0 fully saturated rings. The van der Waals surface area contributed by atoms with E-state index in [0.29, 0.717) is 25.9 Å². The summed E-state index contributed by atoms with van der Waals surface area (Å²) in [5, 5.41) is 23.0. The monoisotopic (exact) mass is 737 g/mol. The van der Waals surface area contributed by atoms with Crippen LogP contribution < -0.4 is 14.2 Å². The molecule has 1 aliphatic rings. The first kappa shape index (κ1) is 35.7. The van der Waals surface area contributed by atoms with Crippen molar-refractivity contribution >= 4 is 78.4 Å². The Morgan fingerprint density at radius 3 is 2.02 bits per heavy atom. The second-order valence-electron chi connectivity index (χ2n) is 14.3. The molecule has 55 heavy (non-hydrogen) atoms. The van der Waals surface area contributed by atoms with E-state index in [1.165, 1.54) is 10.8 Å². The van der Waals surface area contributed by atoms with E-state index in [1.54, 1.807) is 0 Å². The largest absolute Gasteiger partial charge is 0.481 e. The highest BCUT2D eigenvalue weighted by Crippen LogP contribution is 2.44. The topological polar surface area (TPSA) is 114 Å². The van der Waals surface area contributed by atoms with Gasteiger partial charge >= 0.3 is 17.8 Å². The van der Waals surface area contributed by atoms with Gasteiger partial charge in [-0.05, 0) is 50.0 Å².